The molecule has 2 rings (SSSR count). The zero-order valence-electron chi connectivity index (χ0n) is 15.8. The monoisotopic (exact) mass is 395 g/mol. The van der Waals surface area contributed by atoms with Crippen molar-refractivity contribution in [3.8, 4) is 0 Å². The van der Waals surface area contributed by atoms with Gasteiger partial charge in [-0.2, -0.15) is 0 Å². The van der Waals surface area contributed by atoms with E-state index >= 15 is 0 Å². The van der Waals surface area contributed by atoms with Gasteiger partial charge in [0.2, 0.25) is 5.91 Å². The molecule has 150 valence electrons. The zero-order valence-corrected chi connectivity index (χ0v) is 16.5. The Morgan fingerprint density at radius 2 is 2.00 bits per heavy atom. The Bertz CT molecular complexity index is 622. The predicted octanol–water partition coefficient (Wildman–Crippen LogP) is 4.57. The molecule has 2 N–H and O–H groups in total. The standard InChI is InChI=1S/C21H30ClNO4/c22-17-8-5-7-16(15-17)19(24)10-6-9-18-12-13-20(25)23(18)14-4-2-1-3-11-21(26)27/h5,7-8,15,18-19,24H,1-4,6,9-14H2,(H,26,27)/t18-,19?/m0/s1. The highest BCUT2D eigenvalue weighted by Crippen LogP contribution is 2.27. The van der Waals surface area contributed by atoms with Crippen molar-refractivity contribution in [1.82, 2.24) is 4.90 Å². The highest BCUT2D eigenvalue weighted by atomic mass is 35.5. The zero-order chi connectivity index (χ0) is 19.6. The van der Waals surface area contributed by atoms with Crippen molar-refractivity contribution >= 4 is 23.5 Å². The number of carbonyl (C=O) groups excluding carboxylic acids is 1. The summed E-state index contributed by atoms with van der Waals surface area (Å²) in [6.07, 6.45) is 7.11. The first kappa shape index (κ1) is 21.7. The van der Waals surface area contributed by atoms with E-state index in [2.05, 4.69) is 0 Å². The molecule has 0 radical (unpaired) electrons. The van der Waals surface area contributed by atoms with Crippen molar-refractivity contribution in [2.24, 2.45) is 0 Å². The van der Waals surface area contributed by atoms with E-state index in [0.29, 0.717) is 24.3 Å². The Kier molecular flexibility index (Phi) is 9.08. The van der Waals surface area contributed by atoms with Crippen LogP contribution in [-0.4, -0.2) is 39.6 Å². The van der Waals surface area contributed by atoms with E-state index in [1.165, 1.54) is 0 Å². The number of hydrogen-bond donors (Lipinski definition) is 2. The molecule has 27 heavy (non-hydrogen) atoms. The minimum atomic E-state index is -0.746. The number of unbranched alkanes of at least 4 members (excludes halogenated alkanes) is 3. The van der Waals surface area contributed by atoms with Gasteiger partial charge in [-0.25, -0.2) is 0 Å². The molecule has 0 saturated carbocycles. The van der Waals surface area contributed by atoms with Crippen LogP contribution in [0.5, 0.6) is 0 Å². The van der Waals surface area contributed by atoms with Crippen molar-refractivity contribution in [3.63, 3.8) is 0 Å². The highest BCUT2D eigenvalue weighted by Gasteiger charge is 2.29. The summed E-state index contributed by atoms with van der Waals surface area (Å²) >= 11 is 5.97. The van der Waals surface area contributed by atoms with Crippen LogP contribution in [0.4, 0.5) is 0 Å². The Hall–Kier alpha value is -1.59. The smallest absolute Gasteiger partial charge is 0.303 e. The molecule has 1 amide bonds. The van der Waals surface area contributed by atoms with E-state index < -0.39 is 12.1 Å². The second kappa shape index (κ2) is 11.3. The summed E-state index contributed by atoms with van der Waals surface area (Å²) in [6.45, 7) is 0.757. The van der Waals surface area contributed by atoms with Crippen LogP contribution in [0.25, 0.3) is 0 Å². The van der Waals surface area contributed by atoms with Gasteiger partial charge in [0.05, 0.1) is 6.10 Å². The van der Waals surface area contributed by atoms with Crippen molar-refractivity contribution in [2.75, 3.05) is 6.54 Å². The van der Waals surface area contributed by atoms with Gasteiger partial charge in [0.15, 0.2) is 0 Å². The maximum Gasteiger partial charge on any atom is 0.303 e. The fourth-order valence-corrected chi connectivity index (χ4v) is 3.94. The SMILES string of the molecule is O=C(O)CCCCCCN1C(=O)CC[C@@H]1CCCC(O)c1cccc(Cl)c1. The molecule has 1 heterocycles. The molecule has 0 aromatic heterocycles. The van der Waals surface area contributed by atoms with Gasteiger partial charge in [0.1, 0.15) is 0 Å². The number of aliphatic carboxylic acids is 1. The van der Waals surface area contributed by atoms with Crippen molar-refractivity contribution in [1.29, 1.82) is 0 Å². The minimum absolute atomic E-state index is 0.222. The molecule has 0 bridgehead atoms. The van der Waals surface area contributed by atoms with E-state index in [1.807, 2.05) is 17.0 Å². The summed E-state index contributed by atoms with van der Waals surface area (Å²) in [4.78, 5) is 24.6. The number of carbonyl (C=O) groups is 2. The molecule has 5 nitrogen and oxygen atoms in total. The van der Waals surface area contributed by atoms with Gasteiger partial charge in [-0.1, -0.05) is 36.6 Å². The summed E-state index contributed by atoms with van der Waals surface area (Å²) in [5.41, 5.74) is 0.836. The molecule has 1 aromatic carbocycles. The summed E-state index contributed by atoms with van der Waals surface area (Å²) < 4.78 is 0. The van der Waals surface area contributed by atoms with E-state index in [9.17, 15) is 14.7 Å². The molecule has 2 atom stereocenters. The largest absolute Gasteiger partial charge is 0.481 e. The van der Waals surface area contributed by atoms with E-state index in [4.69, 9.17) is 16.7 Å². The van der Waals surface area contributed by atoms with Crippen LogP contribution in [0.15, 0.2) is 24.3 Å². The second-order valence-electron chi connectivity index (χ2n) is 7.34. The Labute approximate surface area is 166 Å². The lowest BCUT2D eigenvalue weighted by molar-refractivity contribution is -0.137. The average Bonchev–Trinajstić information content (AvgIpc) is 2.97. The van der Waals surface area contributed by atoms with Crippen LogP contribution in [0.3, 0.4) is 0 Å². The molecular formula is C21H30ClNO4. The molecule has 6 heteroatoms. The summed E-state index contributed by atoms with van der Waals surface area (Å²) in [7, 11) is 0. The number of carboxylic acids is 1. The van der Waals surface area contributed by atoms with Gasteiger partial charge in [0.25, 0.3) is 0 Å². The number of aliphatic hydroxyl groups is 1. The van der Waals surface area contributed by atoms with Gasteiger partial charge >= 0.3 is 5.97 Å². The summed E-state index contributed by atoms with van der Waals surface area (Å²) in [5, 5.41) is 19.6. The van der Waals surface area contributed by atoms with Gasteiger partial charge in [-0.3, -0.25) is 9.59 Å². The molecule has 1 fully saturated rings. The number of hydrogen-bond acceptors (Lipinski definition) is 3. The molecule has 1 unspecified atom stereocenters. The summed E-state index contributed by atoms with van der Waals surface area (Å²) in [6, 6.07) is 7.58. The van der Waals surface area contributed by atoms with Gasteiger partial charge in [-0.15, -0.1) is 0 Å². The lowest BCUT2D eigenvalue weighted by Gasteiger charge is -2.25. The van der Waals surface area contributed by atoms with Gasteiger partial charge < -0.3 is 15.1 Å². The second-order valence-corrected chi connectivity index (χ2v) is 7.78. The van der Waals surface area contributed by atoms with E-state index in [0.717, 1.165) is 50.6 Å². The number of carboxylic acid groups (broad SMARTS) is 1. The molecule has 1 saturated heterocycles. The molecule has 1 aliphatic heterocycles. The molecular weight excluding hydrogens is 366 g/mol. The first-order valence-corrected chi connectivity index (χ1v) is 10.3. The molecule has 1 aliphatic rings. The van der Waals surface area contributed by atoms with E-state index in [-0.39, 0.29) is 18.4 Å². The highest BCUT2D eigenvalue weighted by molar-refractivity contribution is 6.30. The number of halogens is 1. The van der Waals surface area contributed by atoms with Crippen LogP contribution >= 0.6 is 11.6 Å². The topological polar surface area (TPSA) is 77.8 Å². The number of nitrogens with zero attached hydrogens (tertiary/aromatic N) is 1. The normalized spacial score (nSPS) is 18.1. The summed E-state index contributed by atoms with van der Waals surface area (Å²) in [5.74, 6) is -0.523. The van der Waals surface area contributed by atoms with Crippen LogP contribution < -0.4 is 0 Å². The van der Waals surface area contributed by atoms with Gasteiger partial charge in [-0.05, 0) is 56.2 Å². The molecule has 1 aromatic rings. The third-order valence-corrected chi connectivity index (χ3v) is 5.48. The number of likely N-dealkylation sites (tertiary alicyclic amines) is 1. The Balaban J connectivity index is 1.68. The maximum absolute atomic E-state index is 12.1. The number of rotatable bonds is 12. The Morgan fingerprint density at radius 1 is 1.22 bits per heavy atom. The average molecular weight is 396 g/mol. The fraction of sp³-hybridized carbons (Fsp3) is 0.619. The van der Waals surface area contributed by atoms with Crippen LogP contribution in [-0.2, 0) is 9.59 Å². The quantitative estimate of drug-likeness (QED) is 0.508. The van der Waals surface area contributed by atoms with Crippen LogP contribution in [0, 0.1) is 0 Å². The maximum atomic E-state index is 12.1. The lowest BCUT2D eigenvalue weighted by Crippen LogP contribution is -2.33. The van der Waals surface area contributed by atoms with Crippen LogP contribution in [0.1, 0.15) is 75.9 Å². The third kappa shape index (κ3) is 7.51. The molecule has 0 aliphatic carbocycles. The predicted molar refractivity (Wildman–Crippen MR) is 106 cm³/mol. The first-order chi connectivity index (χ1) is 13.0. The number of benzene rings is 1. The molecule has 0 spiro atoms. The number of aliphatic hydroxyl groups excluding tert-OH is 1. The van der Waals surface area contributed by atoms with E-state index in [1.54, 1.807) is 12.1 Å². The minimum Gasteiger partial charge on any atom is -0.481 e. The van der Waals surface area contributed by atoms with Crippen molar-refractivity contribution in [2.45, 2.75) is 76.4 Å². The van der Waals surface area contributed by atoms with Crippen molar-refractivity contribution in [3.05, 3.63) is 34.9 Å². The third-order valence-electron chi connectivity index (χ3n) is 5.24. The Morgan fingerprint density at radius 3 is 2.74 bits per heavy atom. The lowest BCUT2D eigenvalue weighted by atomic mass is 10.0. The van der Waals surface area contributed by atoms with Gasteiger partial charge in [0, 0.05) is 30.5 Å². The van der Waals surface area contributed by atoms with Crippen LogP contribution in [0.2, 0.25) is 5.02 Å². The van der Waals surface area contributed by atoms with Crippen molar-refractivity contribution < 1.29 is 19.8 Å². The fourth-order valence-electron chi connectivity index (χ4n) is 3.74. The first-order valence-electron chi connectivity index (χ1n) is 9.92. The number of amides is 1.